The van der Waals surface area contributed by atoms with E-state index in [2.05, 4.69) is 21.2 Å². The molecule has 5 nitrogen and oxygen atoms in total. The summed E-state index contributed by atoms with van der Waals surface area (Å²) in [6, 6.07) is 11.4. The largest absolute Gasteiger partial charge is 0.484 e. The van der Waals surface area contributed by atoms with Crippen LogP contribution in [0.5, 0.6) is 5.75 Å². The fraction of sp³-hybridized carbons (Fsp3) is 0.125. The second-order valence-electron chi connectivity index (χ2n) is 4.63. The van der Waals surface area contributed by atoms with E-state index in [1.807, 2.05) is 19.1 Å². The summed E-state index contributed by atoms with van der Waals surface area (Å²) in [5.74, 6) is -0.715. The Hall–Kier alpha value is -2.34. The van der Waals surface area contributed by atoms with Crippen LogP contribution in [0.1, 0.15) is 15.9 Å². The van der Waals surface area contributed by atoms with E-state index in [-0.39, 0.29) is 18.1 Å². The van der Waals surface area contributed by atoms with Crippen molar-refractivity contribution in [1.82, 2.24) is 0 Å². The standard InChI is InChI=1S/C16H14BrNO4/c1-10-8-13(6-7-14(10)17)22-9-15(19)18-12-4-2-11(3-5-12)16(20)21/h2-8H,9H2,1H3,(H,18,19)(H,20,21). The van der Waals surface area contributed by atoms with Gasteiger partial charge in [0.25, 0.3) is 5.91 Å². The van der Waals surface area contributed by atoms with Gasteiger partial charge in [0, 0.05) is 10.2 Å². The van der Waals surface area contributed by atoms with E-state index in [9.17, 15) is 9.59 Å². The topological polar surface area (TPSA) is 75.6 Å². The number of rotatable bonds is 5. The molecule has 2 N–H and O–H groups in total. The van der Waals surface area contributed by atoms with Crippen molar-refractivity contribution in [1.29, 1.82) is 0 Å². The molecule has 0 unspecified atom stereocenters. The van der Waals surface area contributed by atoms with Crippen LogP contribution in [0.4, 0.5) is 5.69 Å². The van der Waals surface area contributed by atoms with Crippen molar-refractivity contribution in [2.45, 2.75) is 6.92 Å². The molecule has 0 spiro atoms. The highest BCUT2D eigenvalue weighted by Gasteiger charge is 2.06. The normalized spacial score (nSPS) is 10.1. The van der Waals surface area contributed by atoms with E-state index in [4.69, 9.17) is 9.84 Å². The first-order chi connectivity index (χ1) is 10.5. The maximum Gasteiger partial charge on any atom is 0.335 e. The molecule has 0 saturated heterocycles. The Labute approximate surface area is 136 Å². The Morgan fingerprint density at radius 2 is 1.86 bits per heavy atom. The van der Waals surface area contributed by atoms with E-state index >= 15 is 0 Å². The third kappa shape index (κ3) is 4.33. The number of carboxylic acids is 1. The molecule has 6 heteroatoms. The number of aryl methyl sites for hydroxylation is 1. The molecule has 2 aromatic carbocycles. The van der Waals surface area contributed by atoms with Gasteiger partial charge in [-0.25, -0.2) is 4.79 Å². The van der Waals surface area contributed by atoms with Gasteiger partial charge in [0.1, 0.15) is 5.75 Å². The molecule has 1 amide bonds. The predicted octanol–water partition coefficient (Wildman–Crippen LogP) is 3.47. The van der Waals surface area contributed by atoms with Gasteiger partial charge in [0.15, 0.2) is 6.61 Å². The summed E-state index contributed by atoms with van der Waals surface area (Å²) in [4.78, 5) is 22.5. The van der Waals surface area contributed by atoms with Gasteiger partial charge in [0.2, 0.25) is 0 Å². The van der Waals surface area contributed by atoms with Crippen LogP contribution in [0.25, 0.3) is 0 Å². The molecule has 0 aromatic heterocycles. The molecule has 2 aromatic rings. The molecule has 0 heterocycles. The minimum absolute atomic E-state index is 0.123. The molecule has 0 aliphatic heterocycles. The lowest BCUT2D eigenvalue weighted by Crippen LogP contribution is -2.20. The van der Waals surface area contributed by atoms with Gasteiger partial charge in [-0.15, -0.1) is 0 Å². The van der Waals surface area contributed by atoms with Crippen LogP contribution in [-0.4, -0.2) is 23.6 Å². The second-order valence-corrected chi connectivity index (χ2v) is 5.48. The summed E-state index contributed by atoms with van der Waals surface area (Å²) in [7, 11) is 0. The van der Waals surface area contributed by atoms with Gasteiger partial charge >= 0.3 is 5.97 Å². The zero-order chi connectivity index (χ0) is 16.1. The Morgan fingerprint density at radius 1 is 1.18 bits per heavy atom. The van der Waals surface area contributed by atoms with Gasteiger partial charge in [-0.2, -0.15) is 0 Å². The first-order valence-electron chi connectivity index (χ1n) is 6.48. The Morgan fingerprint density at radius 3 is 2.45 bits per heavy atom. The monoisotopic (exact) mass is 363 g/mol. The zero-order valence-corrected chi connectivity index (χ0v) is 13.4. The van der Waals surface area contributed by atoms with E-state index in [0.29, 0.717) is 11.4 Å². The molecule has 0 atom stereocenters. The Bertz CT molecular complexity index is 698. The number of halogens is 1. The van der Waals surface area contributed by atoms with Crippen LogP contribution < -0.4 is 10.1 Å². The number of carbonyl (C=O) groups is 2. The third-order valence-electron chi connectivity index (χ3n) is 2.91. The molecule has 0 radical (unpaired) electrons. The van der Waals surface area contributed by atoms with Crippen molar-refractivity contribution in [2.75, 3.05) is 11.9 Å². The fourth-order valence-electron chi connectivity index (χ4n) is 1.75. The molecule has 114 valence electrons. The van der Waals surface area contributed by atoms with E-state index in [0.717, 1.165) is 10.0 Å². The number of hydrogen-bond donors (Lipinski definition) is 2. The Kier molecular flexibility index (Phi) is 5.16. The second kappa shape index (κ2) is 7.09. The molecule has 22 heavy (non-hydrogen) atoms. The van der Waals surface area contributed by atoms with Gasteiger partial charge in [-0.3, -0.25) is 4.79 Å². The maximum atomic E-state index is 11.8. The van der Waals surface area contributed by atoms with Crippen LogP contribution in [0, 0.1) is 6.92 Å². The van der Waals surface area contributed by atoms with E-state index < -0.39 is 5.97 Å². The van der Waals surface area contributed by atoms with Gasteiger partial charge < -0.3 is 15.2 Å². The fourth-order valence-corrected chi connectivity index (χ4v) is 2.00. The summed E-state index contributed by atoms with van der Waals surface area (Å²) in [6.45, 7) is 1.81. The van der Waals surface area contributed by atoms with Crippen molar-refractivity contribution < 1.29 is 19.4 Å². The third-order valence-corrected chi connectivity index (χ3v) is 3.80. The highest BCUT2D eigenvalue weighted by atomic mass is 79.9. The summed E-state index contributed by atoms with van der Waals surface area (Å²) < 4.78 is 6.39. The van der Waals surface area contributed by atoms with Crippen LogP contribution in [0.3, 0.4) is 0 Å². The Balaban J connectivity index is 1.89. The van der Waals surface area contributed by atoms with Crippen LogP contribution >= 0.6 is 15.9 Å². The predicted molar refractivity (Wildman–Crippen MR) is 86.4 cm³/mol. The molecular formula is C16H14BrNO4. The number of benzene rings is 2. The number of nitrogens with one attached hydrogen (secondary N) is 1. The molecular weight excluding hydrogens is 350 g/mol. The number of amides is 1. The van der Waals surface area contributed by atoms with Crippen molar-refractivity contribution >= 4 is 33.5 Å². The lowest BCUT2D eigenvalue weighted by Gasteiger charge is -2.09. The first-order valence-corrected chi connectivity index (χ1v) is 7.27. The van der Waals surface area contributed by atoms with E-state index in [1.54, 1.807) is 6.07 Å². The number of anilines is 1. The van der Waals surface area contributed by atoms with Gasteiger partial charge in [0.05, 0.1) is 5.56 Å². The minimum atomic E-state index is -1.01. The summed E-state index contributed by atoms with van der Waals surface area (Å²) >= 11 is 3.39. The molecule has 2 rings (SSSR count). The molecule has 0 aliphatic carbocycles. The first kappa shape index (κ1) is 16.0. The lowest BCUT2D eigenvalue weighted by atomic mass is 10.2. The summed E-state index contributed by atoms with van der Waals surface area (Å²) in [5, 5.41) is 11.4. The number of carbonyl (C=O) groups excluding carboxylic acids is 1. The smallest absolute Gasteiger partial charge is 0.335 e. The summed E-state index contributed by atoms with van der Waals surface area (Å²) in [6.07, 6.45) is 0. The minimum Gasteiger partial charge on any atom is -0.484 e. The number of ether oxygens (including phenoxy) is 1. The van der Waals surface area contributed by atoms with E-state index in [1.165, 1.54) is 24.3 Å². The molecule has 0 bridgehead atoms. The van der Waals surface area contributed by atoms with Crippen LogP contribution in [-0.2, 0) is 4.79 Å². The maximum absolute atomic E-state index is 11.8. The zero-order valence-electron chi connectivity index (χ0n) is 11.8. The average molecular weight is 364 g/mol. The number of hydrogen-bond acceptors (Lipinski definition) is 3. The highest BCUT2D eigenvalue weighted by molar-refractivity contribution is 9.10. The SMILES string of the molecule is Cc1cc(OCC(=O)Nc2ccc(C(=O)O)cc2)ccc1Br. The quantitative estimate of drug-likeness (QED) is 0.852. The molecule has 0 aliphatic rings. The van der Waals surface area contributed by atoms with Gasteiger partial charge in [-0.05, 0) is 55.0 Å². The number of aromatic carboxylic acids is 1. The van der Waals surface area contributed by atoms with Crippen molar-refractivity contribution in [3.8, 4) is 5.75 Å². The van der Waals surface area contributed by atoms with Crippen molar-refractivity contribution in [2.24, 2.45) is 0 Å². The summed E-state index contributed by atoms with van der Waals surface area (Å²) in [5.41, 5.74) is 1.70. The number of carboxylic acid groups (broad SMARTS) is 1. The average Bonchev–Trinajstić information content (AvgIpc) is 2.49. The van der Waals surface area contributed by atoms with Crippen molar-refractivity contribution in [3.63, 3.8) is 0 Å². The lowest BCUT2D eigenvalue weighted by molar-refractivity contribution is -0.118. The van der Waals surface area contributed by atoms with Gasteiger partial charge in [-0.1, -0.05) is 15.9 Å². The molecule has 0 saturated carbocycles. The molecule has 0 fully saturated rings. The van der Waals surface area contributed by atoms with Crippen LogP contribution in [0.15, 0.2) is 46.9 Å². The highest BCUT2D eigenvalue weighted by Crippen LogP contribution is 2.21. The van der Waals surface area contributed by atoms with Crippen LogP contribution in [0.2, 0.25) is 0 Å². The van der Waals surface area contributed by atoms with Crippen molar-refractivity contribution in [3.05, 3.63) is 58.1 Å².